The molecule has 7 nitrogen and oxygen atoms in total. The molecule has 7 heteroatoms. The summed E-state index contributed by atoms with van der Waals surface area (Å²) in [6, 6.07) is 13.1. The van der Waals surface area contributed by atoms with Gasteiger partial charge in [-0.3, -0.25) is 4.57 Å². The van der Waals surface area contributed by atoms with E-state index in [2.05, 4.69) is 12.2 Å². The number of allylic oxidation sites excluding steroid dienone is 1. The van der Waals surface area contributed by atoms with E-state index in [1.54, 1.807) is 14.2 Å². The van der Waals surface area contributed by atoms with Crippen molar-refractivity contribution in [3.05, 3.63) is 59.3 Å². The summed E-state index contributed by atoms with van der Waals surface area (Å²) >= 11 is 0. The fourth-order valence-corrected chi connectivity index (χ4v) is 4.77. The number of para-hydroxylation sites is 3. The Balaban J connectivity index is 1.71. The van der Waals surface area contributed by atoms with E-state index in [4.69, 9.17) is 19.2 Å². The number of imidazole rings is 1. The molecule has 35 heavy (non-hydrogen) atoms. The molecule has 0 bridgehead atoms. The molecule has 186 valence electrons. The number of unbranched alkanes of at least 4 members (excludes halogenated alkanes) is 5. The molecule has 0 aliphatic carbocycles. The highest BCUT2D eigenvalue weighted by atomic mass is 16.5. The molecule has 1 aliphatic rings. The molecule has 0 amide bonds. The SMILES string of the molecule is CCCCCCCCOC(=O)C1=C(C)Nc2nc3ccccc3n2[C@@H]1c1cccc(OC)c1OC. The number of hydrogen-bond acceptors (Lipinski definition) is 6. The molecule has 0 fully saturated rings. The standard InChI is InChI=1S/C28H35N3O4/c1-5-6-7-8-9-12-18-35-27(32)24-19(2)29-28-30-21-15-10-11-16-22(21)31(28)25(24)20-14-13-17-23(33-3)26(20)34-4/h10-11,13-17,25H,5-9,12,18H2,1-4H3,(H,29,30)/t25-/m1/s1. The number of rotatable bonds is 11. The first-order valence-electron chi connectivity index (χ1n) is 12.4. The Bertz CT molecular complexity index is 1210. The maximum Gasteiger partial charge on any atom is 0.338 e. The molecule has 1 aromatic heterocycles. The van der Waals surface area contributed by atoms with Gasteiger partial charge in [0.1, 0.15) is 0 Å². The predicted molar refractivity (Wildman–Crippen MR) is 138 cm³/mol. The van der Waals surface area contributed by atoms with Gasteiger partial charge in [-0.05, 0) is 31.5 Å². The molecular weight excluding hydrogens is 442 g/mol. The molecule has 1 atom stereocenters. The van der Waals surface area contributed by atoms with Crippen molar-refractivity contribution in [2.24, 2.45) is 0 Å². The van der Waals surface area contributed by atoms with Crippen LogP contribution in [0.2, 0.25) is 0 Å². The number of anilines is 1. The normalized spacial score (nSPS) is 15.0. The van der Waals surface area contributed by atoms with Crippen molar-refractivity contribution in [1.29, 1.82) is 0 Å². The van der Waals surface area contributed by atoms with Crippen molar-refractivity contribution in [2.75, 3.05) is 26.1 Å². The zero-order valence-corrected chi connectivity index (χ0v) is 21.1. The van der Waals surface area contributed by atoms with Gasteiger partial charge in [-0.25, -0.2) is 9.78 Å². The summed E-state index contributed by atoms with van der Waals surface area (Å²) < 4.78 is 19.2. The monoisotopic (exact) mass is 477 g/mol. The minimum atomic E-state index is -0.485. The third-order valence-electron chi connectivity index (χ3n) is 6.51. The molecule has 0 saturated heterocycles. The van der Waals surface area contributed by atoms with Gasteiger partial charge < -0.3 is 19.5 Å². The summed E-state index contributed by atoms with van der Waals surface area (Å²) in [5.41, 5.74) is 3.83. The van der Waals surface area contributed by atoms with Gasteiger partial charge in [0.2, 0.25) is 5.95 Å². The maximum atomic E-state index is 13.5. The Morgan fingerprint density at radius 2 is 1.77 bits per heavy atom. The predicted octanol–water partition coefficient (Wildman–Crippen LogP) is 6.25. The van der Waals surface area contributed by atoms with E-state index in [1.807, 2.05) is 54.0 Å². The molecule has 3 aromatic rings. The Kier molecular flexibility index (Phi) is 7.95. The van der Waals surface area contributed by atoms with Crippen molar-refractivity contribution in [2.45, 2.75) is 58.4 Å². The lowest BCUT2D eigenvalue weighted by Crippen LogP contribution is -2.29. The second-order valence-electron chi connectivity index (χ2n) is 8.85. The summed E-state index contributed by atoms with van der Waals surface area (Å²) in [5, 5.41) is 3.33. The third kappa shape index (κ3) is 4.99. The molecule has 1 N–H and O–H groups in total. The minimum absolute atomic E-state index is 0.332. The zero-order chi connectivity index (χ0) is 24.8. The van der Waals surface area contributed by atoms with E-state index >= 15 is 0 Å². The molecule has 4 rings (SSSR count). The maximum absolute atomic E-state index is 13.5. The number of methoxy groups -OCH3 is 2. The summed E-state index contributed by atoms with van der Waals surface area (Å²) in [6.45, 7) is 4.50. The Labute approximate surface area is 207 Å². The van der Waals surface area contributed by atoms with Gasteiger partial charge in [0.15, 0.2) is 11.5 Å². The summed E-state index contributed by atoms with van der Waals surface area (Å²) in [7, 11) is 3.22. The lowest BCUT2D eigenvalue weighted by Gasteiger charge is -2.31. The van der Waals surface area contributed by atoms with Gasteiger partial charge in [-0.15, -0.1) is 0 Å². The summed E-state index contributed by atoms with van der Waals surface area (Å²) in [6.07, 6.45) is 6.79. The van der Waals surface area contributed by atoms with E-state index in [1.165, 1.54) is 25.7 Å². The number of carbonyl (C=O) groups excluding carboxylic acids is 1. The lowest BCUT2D eigenvalue weighted by atomic mass is 9.94. The van der Waals surface area contributed by atoms with E-state index in [0.717, 1.165) is 35.1 Å². The van der Waals surface area contributed by atoms with Gasteiger partial charge in [0.25, 0.3) is 0 Å². The number of esters is 1. The van der Waals surface area contributed by atoms with Crippen molar-refractivity contribution >= 4 is 23.0 Å². The fraction of sp³-hybridized carbons (Fsp3) is 0.429. The van der Waals surface area contributed by atoms with Crippen LogP contribution in [0.3, 0.4) is 0 Å². The number of benzene rings is 2. The van der Waals surface area contributed by atoms with Crippen LogP contribution in [0.5, 0.6) is 11.5 Å². The van der Waals surface area contributed by atoms with Gasteiger partial charge in [-0.1, -0.05) is 63.3 Å². The zero-order valence-electron chi connectivity index (χ0n) is 21.1. The van der Waals surface area contributed by atoms with Crippen molar-refractivity contribution in [3.63, 3.8) is 0 Å². The lowest BCUT2D eigenvalue weighted by molar-refractivity contribution is -0.139. The molecule has 1 aliphatic heterocycles. The highest BCUT2D eigenvalue weighted by molar-refractivity contribution is 5.94. The minimum Gasteiger partial charge on any atom is -0.493 e. The van der Waals surface area contributed by atoms with E-state index < -0.39 is 6.04 Å². The Morgan fingerprint density at radius 3 is 2.54 bits per heavy atom. The molecule has 0 radical (unpaired) electrons. The molecule has 0 unspecified atom stereocenters. The van der Waals surface area contributed by atoms with Crippen LogP contribution >= 0.6 is 0 Å². The number of nitrogens with zero attached hydrogens (tertiary/aromatic N) is 2. The van der Waals surface area contributed by atoms with Gasteiger partial charge >= 0.3 is 5.97 Å². The first-order chi connectivity index (χ1) is 17.1. The van der Waals surface area contributed by atoms with Crippen molar-refractivity contribution < 1.29 is 19.0 Å². The van der Waals surface area contributed by atoms with Crippen LogP contribution in [0.15, 0.2) is 53.7 Å². The Hall–Kier alpha value is -3.48. The molecule has 0 spiro atoms. The highest BCUT2D eigenvalue weighted by Crippen LogP contribution is 2.45. The number of aromatic nitrogens is 2. The second-order valence-corrected chi connectivity index (χ2v) is 8.85. The summed E-state index contributed by atoms with van der Waals surface area (Å²) in [5.74, 6) is 1.53. The number of nitrogens with one attached hydrogen (secondary N) is 1. The second kappa shape index (κ2) is 11.3. The first-order valence-corrected chi connectivity index (χ1v) is 12.4. The van der Waals surface area contributed by atoms with Gasteiger partial charge in [-0.2, -0.15) is 0 Å². The fourth-order valence-electron chi connectivity index (χ4n) is 4.77. The third-order valence-corrected chi connectivity index (χ3v) is 6.51. The highest BCUT2D eigenvalue weighted by Gasteiger charge is 2.37. The number of carbonyl (C=O) groups is 1. The smallest absolute Gasteiger partial charge is 0.338 e. The molecule has 2 aromatic carbocycles. The van der Waals surface area contributed by atoms with E-state index in [-0.39, 0.29) is 5.97 Å². The van der Waals surface area contributed by atoms with Gasteiger partial charge in [0.05, 0.1) is 43.5 Å². The van der Waals surface area contributed by atoms with E-state index in [9.17, 15) is 4.79 Å². The number of ether oxygens (including phenoxy) is 3. The van der Waals surface area contributed by atoms with Crippen molar-refractivity contribution in [3.8, 4) is 11.5 Å². The molecule has 0 saturated carbocycles. The topological polar surface area (TPSA) is 74.6 Å². The number of fused-ring (bicyclic) bond motifs is 3. The van der Waals surface area contributed by atoms with E-state index in [0.29, 0.717) is 29.6 Å². The first kappa shape index (κ1) is 24.6. The molecular formula is C28H35N3O4. The molecule has 2 heterocycles. The van der Waals surface area contributed by atoms with Crippen LogP contribution < -0.4 is 14.8 Å². The number of hydrogen-bond donors (Lipinski definition) is 1. The van der Waals surface area contributed by atoms with Gasteiger partial charge in [0, 0.05) is 11.3 Å². The van der Waals surface area contributed by atoms with Crippen molar-refractivity contribution in [1.82, 2.24) is 9.55 Å². The van der Waals surface area contributed by atoms with Crippen LogP contribution in [0.1, 0.15) is 64.0 Å². The van der Waals surface area contributed by atoms with Crippen LogP contribution in [-0.2, 0) is 9.53 Å². The van der Waals surface area contributed by atoms with Crippen LogP contribution in [0.4, 0.5) is 5.95 Å². The largest absolute Gasteiger partial charge is 0.493 e. The van der Waals surface area contributed by atoms with Crippen LogP contribution in [0.25, 0.3) is 11.0 Å². The van der Waals surface area contributed by atoms with Crippen LogP contribution in [-0.4, -0.2) is 36.3 Å². The quantitative estimate of drug-likeness (QED) is 0.260. The average molecular weight is 478 g/mol. The van der Waals surface area contributed by atoms with Crippen LogP contribution in [0, 0.1) is 0 Å². The Morgan fingerprint density at radius 1 is 1.00 bits per heavy atom. The summed E-state index contributed by atoms with van der Waals surface area (Å²) in [4.78, 5) is 18.3. The average Bonchev–Trinajstić information content (AvgIpc) is 3.24.